The van der Waals surface area contributed by atoms with Crippen molar-refractivity contribution in [2.24, 2.45) is 11.8 Å². The molecular weight excluding hydrogens is 452 g/mol. The molecule has 0 radical (unpaired) electrons. The minimum Gasteiger partial charge on any atom is -0.497 e. The molecule has 2 fully saturated rings. The number of rotatable bonds is 6. The maximum Gasteiger partial charge on any atom is 0.312 e. The van der Waals surface area contributed by atoms with Gasteiger partial charge in [0.15, 0.2) is 0 Å². The number of ether oxygens (including phenoxy) is 3. The molecule has 0 aliphatic carbocycles. The number of hydrogen-bond donors (Lipinski definition) is 1. The van der Waals surface area contributed by atoms with Crippen molar-refractivity contribution in [3.63, 3.8) is 0 Å². The lowest BCUT2D eigenvalue weighted by Crippen LogP contribution is -2.55. The van der Waals surface area contributed by atoms with Crippen LogP contribution in [0.1, 0.15) is 19.3 Å². The number of amides is 2. The fourth-order valence-corrected chi connectivity index (χ4v) is 5.73. The predicted molar refractivity (Wildman–Crippen MR) is 126 cm³/mol. The number of carbonyl (C=O) groups excluding carboxylic acids is 3. The van der Waals surface area contributed by atoms with Gasteiger partial charge in [-0.15, -0.1) is 0 Å². The van der Waals surface area contributed by atoms with Crippen molar-refractivity contribution >= 4 is 23.5 Å². The van der Waals surface area contributed by atoms with Gasteiger partial charge in [-0.2, -0.15) is 0 Å². The predicted octanol–water partition coefficient (Wildman–Crippen LogP) is 1.45. The first kappa shape index (κ1) is 23.6. The number of nitrogens with zero attached hydrogens (tertiary/aromatic N) is 2. The van der Waals surface area contributed by atoms with Crippen LogP contribution in [-0.2, 0) is 23.9 Å². The molecule has 4 aliphatic heterocycles. The summed E-state index contributed by atoms with van der Waals surface area (Å²) < 4.78 is 17.2. The molecule has 9 nitrogen and oxygen atoms in total. The number of fused-ring (bicyclic) bond motifs is 2. The van der Waals surface area contributed by atoms with E-state index in [1.54, 1.807) is 47.3 Å². The summed E-state index contributed by atoms with van der Waals surface area (Å²) in [6.45, 7) is 0.819. The van der Waals surface area contributed by atoms with Crippen molar-refractivity contribution < 1.29 is 33.7 Å². The molecule has 2 saturated heterocycles. The molecule has 5 rings (SSSR count). The zero-order valence-corrected chi connectivity index (χ0v) is 19.7. The molecule has 0 bridgehead atoms. The second kappa shape index (κ2) is 9.47. The van der Waals surface area contributed by atoms with Gasteiger partial charge >= 0.3 is 5.97 Å². The summed E-state index contributed by atoms with van der Waals surface area (Å²) in [6, 6.07) is 6.23. The first-order valence-corrected chi connectivity index (χ1v) is 12.1. The molecule has 9 heteroatoms. The van der Waals surface area contributed by atoms with Crippen LogP contribution >= 0.6 is 0 Å². The average molecular weight is 483 g/mol. The van der Waals surface area contributed by atoms with Crippen LogP contribution in [0.4, 0.5) is 5.69 Å². The highest BCUT2D eigenvalue weighted by Crippen LogP contribution is 2.53. The molecular formula is C26H30N2O7. The van der Waals surface area contributed by atoms with Crippen LogP contribution in [0.25, 0.3) is 0 Å². The number of esters is 1. The van der Waals surface area contributed by atoms with Crippen molar-refractivity contribution in [3.05, 3.63) is 48.6 Å². The van der Waals surface area contributed by atoms with E-state index in [1.807, 2.05) is 18.2 Å². The smallest absolute Gasteiger partial charge is 0.312 e. The fraction of sp³-hybridized carbons (Fsp3) is 0.500. The van der Waals surface area contributed by atoms with Crippen LogP contribution in [0.2, 0.25) is 0 Å². The normalized spacial score (nSPS) is 31.9. The van der Waals surface area contributed by atoms with Crippen LogP contribution < -0.4 is 9.64 Å². The van der Waals surface area contributed by atoms with E-state index in [0.717, 1.165) is 0 Å². The van der Waals surface area contributed by atoms with E-state index in [2.05, 4.69) is 0 Å². The number of anilines is 1. The summed E-state index contributed by atoms with van der Waals surface area (Å²) in [6.07, 6.45) is 8.31. The number of carbonyl (C=O) groups is 3. The summed E-state index contributed by atoms with van der Waals surface area (Å²) in [4.78, 5) is 44.2. The SMILES string of the molecule is COc1ccc(N2CC=C[C@]34O[C@H]5C=CCCOC(=O)[C@H]5[C@H]3C(=O)N(CCCCO)C4C2=O)cc1. The first-order valence-electron chi connectivity index (χ1n) is 12.1. The van der Waals surface area contributed by atoms with Gasteiger partial charge in [0.05, 0.1) is 25.7 Å². The number of methoxy groups -OCH3 is 1. The zero-order chi connectivity index (χ0) is 24.6. The zero-order valence-electron chi connectivity index (χ0n) is 19.7. The standard InChI is InChI=1S/C26H30N2O7/c1-33-18-10-8-17(9-11-18)27-14-6-12-26-21(20-19(35-26)7-2-5-16-34-25(20)32)23(30)28(13-3-4-15-29)22(26)24(27)31/h2,6-12,19-22,29H,3-5,13-16H2,1H3/t19-,20+,21-,22?,26-/m0/s1. The second-order valence-corrected chi connectivity index (χ2v) is 9.24. The van der Waals surface area contributed by atoms with Crippen LogP contribution in [0.3, 0.4) is 0 Å². The van der Waals surface area contributed by atoms with Gasteiger partial charge < -0.3 is 29.1 Å². The molecule has 4 heterocycles. The maximum absolute atomic E-state index is 14.1. The summed E-state index contributed by atoms with van der Waals surface area (Å²) in [7, 11) is 1.58. The minimum atomic E-state index is -1.28. The Morgan fingerprint density at radius 3 is 2.66 bits per heavy atom. The maximum atomic E-state index is 14.1. The Bertz CT molecular complexity index is 1050. The average Bonchev–Trinajstić information content (AvgIpc) is 3.23. The Hall–Kier alpha value is -3.17. The third-order valence-electron chi connectivity index (χ3n) is 7.31. The van der Waals surface area contributed by atoms with E-state index < -0.39 is 35.6 Å². The van der Waals surface area contributed by atoms with Crippen LogP contribution in [0, 0.1) is 11.8 Å². The minimum absolute atomic E-state index is 0.00852. The van der Waals surface area contributed by atoms with E-state index >= 15 is 0 Å². The van der Waals surface area contributed by atoms with Crippen molar-refractivity contribution in [1.82, 2.24) is 4.90 Å². The Morgan fingerprint density at radius 1 is 1.11 bits per heavy atom. The van der Waals surface area contributed by atoms with E-state index in [4.69, 9.17) is 14.2 Å². The van der Waals surface area contributed by atoms with Crippen molar-refractivity contribution in [3.8, 4) is 5.75 Å². The second-order valence-electron chi connectivity index (χ2n) is 9.24. The summed E-state index contributed by atoms with van der Waals surface area (Å²) >= 11 is 0. The van der Waals surface area contributed by atoms with E-state index in [9.17, 15) is 19.5 Å². The Morgan fingerprint density at radius 2 is 1.91 bits per heavy atom. The lowest BCUT2D eigenvalue weighted by molar-refractivity contribution is -0.154. The third kappa shape index (κ3) is 3.83. The lowest BCUT2D eigenvalue weighted by Gasteiger charge is -2.35. The highest BCUT2D eigenvalue weighted by atomic mass is 16.6. The number of aliphatic hydroxyl groups excluding tert-OH is 1. The monoisotopic (exact) mass is 482 g/mol. The van der Waals surface area contributed by atoms with E-state index in [1.165, 1.54) is 0 Å². The number of hydrogen-bond acceptors (Lipinski definition) is 7. The molecule has 1 N–H and O–H groups in total. The fourth-order valence-electron chi connectivity index (χ4n) is 5.73. The summed E-state index contributed by atoms with van der Waals surface area (Å²) in [5.41, 5.74) is -0.607. The van der Waals surface area contributed by atoms with Gasteiger partial charge in [-0.1, -0.05) is 24.3 Å². The van der Waals surface area contributed by atoms with Gasteiger partial charge in [-0.05, 0) is 43.5 Å². The largest absolute Gasteiger partial charge is 0.497 e. The molecule has 0 saturated carbocycles. The van der Waals surface area contributed by atoms with Crippen molar-refractivity contribution in [2.75, 3.05) is 38.3 Å². The van der Waals surface area contributed by atoms with Gasteiger partial charge in [-0.3, -0.25) is 14.4 Å². The Labute approximate surface area is 203 Å². The Balaban J connectivity index is 1.57. The number of likely N-dealkylation sites (tertiary alicyclic amines) is 1. The highest BCUT2D eigenvalue weighted by Gasteiger charge is 2.71. The number of cyclic esters (lactones) is 1. The van der Waals surface area contributed by atoms with Gasteiger partial charge in [0.25, 0.3) is 5.91 Å². The van der Waals surface area contributed by atoms with Crippen molar-refractivity contribution in [2.45, 2.75) is 37.0 Å². The topological polar surface area (TPSA) is 106 Å². The molecule has 35 heavy (non-hydrogen) atoms. The van der Waals surface area contributed by atoms with Crippen LogP contribution in [-0.4, -0.2) is 79.0 Å². The lowest BCUT2D eigenvalue weighted by atomic mass is 9.77. The molecule has 5 atom stereocenters. The molecule has 4 aliphatic rings. The van der Waals surface area contributed by atoms with Crippen LogP contribution in [0.15, 0.2) is 48.6 Å². The van der Waals surface area contributed by atoms with E-state index in [0.29, 0.717) is 37.2 Å². The van der Waals surface area contributed by atoms with Crippen LogP contribution in [0.5, 0.6) is 5.75 Å². The first-order chi connectivity index (χ1) is 17.0. The molecule has 1 aromatic rings. The number of benzene rings is 1. The molecule has 0 aromatic heterocycles. The van der Waals surface area contributed by atoms with Gasteiger partial charge in [0.1, 0.15) is 23.3 Å². The molecule has 1 spiro atoms. The molecule has 1 aromatic carbocycles. The Kier molecular flexibility index (Phi) is 6.37. The number of aliphatic hydroxyl groups is 1. The van der Waals surface area contributed by atoms with Gasteiger partial charge in [-0.25, -0.2) is 0 Å². The summed E-state index contributed by atoms with van der Waals surface area (Å²) in [5.74, 6) is -2.05. The third-order valence-corrected chi connectivity index (χ3v) is 7.31. The molecule has 2 amide bonds. The number of unbranched alkanes of at least 4 members (excludes halogenated alkanes) is 1. The van der Waals surface area contributed by atoms with Gasteiger partial charge in [0.2, 0.25) is 5.91 Å². The quantitative estimate of drug-likeness (QED) is 0.372. The van der Waals surface area contributed by atoms with Crippen molar-refractivity contribution in [1.29, 1.82) is 0 Å². The molecule has 186 valence electrons. The highest BCUT2D eigenvalue weighted by molar-refractivity contribution is 6.05. The summed E-state index contributed by atoms with van der Waals surface area (Å²) in [5, 5.41) is 9.28. The van der Waals surface area contributed by atoms with Gasteiger partial charge in [0, 0.05) is 25.4 Å². The molecule has 1 unspecified atom stereocenters. The van der Waals surface area contributed by atoms with E-state index in [-0.39, 0.29) is 31.6 Å².